The number of methoxy groups -OCH3 is 1. The number of rotatable bonds is 2. The number of hydrogen-bond donors (Lipinski definition) is 0. The second-order valence-corrected chi connectivity index (χ2v) is 9.99. The largest absolute Gasteiger partial charge is 0.493 e. The third-order valence-corrected chi connectivity index (χ3v) is 7.42. The molecule has 2 amide bonds. The highest BCUT2D eigenvalue weighted by molar-refractivity contribution is 6.10. The van der Waals surface area contributed by atoms with Crippen LogP contribution in [0.4, 0.5) is 8.78 Å². The number of halogens is 2. The highest BCUT2D eigenvalue weighted by Gasteiger charge is 2.38. The molecule has 39 heavy (non-hydrogen) atoms. The first-order valence-corrected chi connectivity index (χ1v) is 13.1. The average Bonchev–Trinajstić information content (AvgIpc) is 3.27. The van der Waals surface area contributed by atoms with Gasteiger partial charge < -0.3 is 23.8 Å². The van der Waals surface area contributed by atoms with Crippen molar-refractivity contribution in [2.24, 2.45) is 0 Å². The number of nitrogens with zero attached hydrogens (tertiary/aromatic N) is 5. The van der Waals surface area contributed by atoms with E-state index in [0.717, 1.165) is 23.2 Å². The van der Waals surface area contributed by atoms with Crippen LogP contribution in [-0.2, 0) is 6.54 Å². The van der Waals surface area contributed by atoms with Gasteiger partial charge in [0.25, 0.3) is 17.4 Å². The van der Waals surface area contributed by atoms with Crippen molar-refractivity contribution in [3.63, 3.8) is 0 Å². The van der Waals surface area contributed by atoms with E-state index in [9.17, 15) is 23.2 Å². The number of fused-ring (bicyclic) bond motifs is 7. The maximum absolute atomic E-state index is 14.3. The second kappa shape index (κ2) is 10.3. The molecule has 3 aromatic rings. The normalized spacial score (nSPS) is 18.5. The minimum atomic E-state index is -1.10. The molecular formula is C27H31F2N5O5. The van der Waals surface area contributed by atoms with Crippen LogP contribution in [0.1, 0.15) is 65.7 Å². The molecule has 208 valence electrons. The smallest absolute Gasteiger partial charge is 0.280 e. The zero-order valence-electron chi connectivity index (χ0n) is 22.4. The summed E-state index contributed by atoms with van der Waals surface area (Å²) in [4.78, 5) is 44.4. The van der Waals surface area contributed by atoms with Gasteiger partial charge in [0.05, 0.1) is 25.8 Å². The molecule has 0 saturated carbocycles. The van der Waals surface area contributed by atoms with Crippen LogP contribution in [0, 0.1) is 11.6 Å². The highest BCUT2D eigenvalue weighted by Crippen LogP contribution is 2.39. The van der Waals surface area contributed by atoms with Crippen molar-refractivity contribution in [1.82, 2.24) is 24.1 Å². The Morgan fingerprint density at radius 3 is 2.56 bits per heavy atom. The molecule has 2 aliphatic rings. The zero-order valence-corrected chi connectivity index (χ0v) is 22.4. The molecule has 0 saturated heterocycles. The minimum absolute atomic E-state index is 0.0247. The van der Waals surface area contributed by atoms with E-state index in [1.165, 1.54) is 12.0 Å². The van der Waals surface area contributed by atoms with Crippen molar-refractivity contribution in [1.29, 1.82) is 0 Å². The summed E-state index contributed by atoms with van der Waals surface area (Å²) in [5, 5.41) is 4.50. The van der Waals surface area contributed by atoms with Gasteiger partial charge in [-0.05, 0) is 39.2 Å². The predicted molar refractivity (Wildman–Crippen MR) is 139 cm³/mol. The Kier molecular flexibility index (Phi) is 7.04. The van der Waals surface area contributed by atoms with Gasteiger partial charge in [-0.3, -0.25) is 14.4 Å². The lowest BCUT2D eigenvalue weighted by molar-refractivity contribution is 0.0683. The van der Waals surface area contributed by atoms with Crippen molar-refractivity contribution in [2.45, 2.75) is 45.7 Å². The van der Waals surface area contributed by atoms with Crippen molar-refractivity contribution < 1.29 is 27.8 Å². The van der Waals surface area contributed by atoms with Gasteiger partial charge in [0.15, 0.2) is 28.8 Å². The fourth-order valence-electron chi connectivity index (χ4n) is 5.42. The molecule has 0 N–H and O–H groups in total. The lowest BCUT2D eigenvalue weighted by Crippen LogP contribution is -2.42. The fraction of sp³-hybridized carbons (Fsp3) is 0.481. The summed E-state index contributed by atoms with van der Waals surface area (Å²) in [6.45, 7) is 5.01. The van der Waals surface area contributed by atoms with E-state index < -0.39 is 23.1 Å². The summed E-state index contributed by atoms with van der Waals surface area (Å²) < 4.78 is 42.5. The lowest BCUT2D eigenvalue weighted by atomic mass is 10.1. The number of ether oxygens (including phenoxy) is 2. The first-order chi connectivity index (χ1) is 18.7. The first kappa shape index (κ1) is 26.6. The molecular weight excluding hydrogens is 512 g/mol. The standard InChI is InChI=1S/C27H31F2N5O5/c1-5-32-13-15(2)34-22-20(24(38-4)23(34)27(32)37)25(35)33-14-16-11-17(28)18(29)12-19(16)39-10-8-6-7-9-31(3)26(36)21(22)30-33/h11-12,15H,5-10,13-14H2,1-4H3/t15-/m0/s1. The Balaban J connectivity index is 1.83. The van der Waals surface area contributed by atoms with Gasteiger partial charge >= 0.3 is 0 Å². The number of carbonyl (C=O) groups excluding carboxylic acids is 2. The molecule has 12 heteroatoms. The Morgan fingerprint density at radius 2 is 1.85 bits per heavy atom. The van der Waals surface area contributed by atoms with Crippen molar-refractivity contribution in [3.8, 4) is 11.5 Å². The van der Waals surface area contributed by atoms with E-state index in [1.807, 2.05) is 13.8 Å². The topological polar surface area (TPSA) is 98.9 Å². The monoisotopic (exact) mass is 543 g/mol. The Hall–Kier alpha value is -3.96. The molecule has 2 bridgehead atoms. The van der Waals surface area contributed by atoms with Gasteiger partial charge in [-0.1, -0.05) is 0 Å². The van der Waals surface area contributed by atoms with Crippen LogP contribution >= 0.6 is 0 Å². The third-order valence-electron chi connectivity index (χ3n) is 7.42. The van der Waals surface area contributed by atoms with Crippen LogP contribution in [-0.4, -0.2) is 76.4 Å². The van der Waals surface area contributed by atoms with Gasteiger partial charge in [-0.15, -0.1) is 0 Å². The summed E-state index contributed by atoms with van der Waals surface area (Å²) >= 11 is 0. The van der Waals surface area contributed by atoms with E-state index in [-0.39, 0.29) is 64.5 Å². The molecule has 0 radical (unpaired) electrons. The number of carbonyl (C=O) groups is 2. The molecule has 1 aromatic carbocycles. The first-order valence-electron chi connectivity index (χ1n) is 13.1. The maximum Gasteiger partial charge on any atom is 0.280 e. The van der Waals surface area contributed by atoms with Crippen molar-refractivity contribution in [2.75, 3.05) is 40.4 Å². The molecule has 0 aliphatic carbocycles. The maximum atomic E-state index is 14.3. The Morgan fingerprint density at radius 1 is 1.10 bits per heavy atom. The van der Waals surface area contributed by atoms with E-state index in [2.05, 4.69) is 5.10 Å². The van der Waals surface area contributed by atoms with Crippen LogP contribution in [0.3, 0.4) is 0 Å². The molecule has 5 rings (SSSR count). The Bertz CT molecular complexity index is 1530. The fourth-order valence-corrected chi connectivity index (χ4v) is 5.42. The molecule has 4 heterocycles. The van der Waals surface area contributed by atoms with Crippen molar-refractivity contribution in [3.05, 3.63) is 51.1 Å². The minimum Gasteiger partial charge on any atom is -0.493 e. The molecule has 10 nitrogen and oxygen atoms in total. The summed E-state index contributed by atoms with van der Waals surface area (Å²) in [5.74, 6) is -2.76. The second-order valence-electron chi connectivity index (χ2n) is 9.99. The van der Waals surface area contributed by atoms with Crippen LogP contribution in [0.25, 0.3) is 10.9 Å². The van der Waals surface area contributed by atoms with Gasteiger partial charge in [-0.25, -0.2) is 13.5 Å². The van der Waals surface area contributed by atoms with Crippen molar-refractivity contribution >= 4 is 22.7 Å². The summed E-state index contributed by atoms with van der Waals surface area (Å²) in [7, 11) is 3.02. The Labute approximate surface area is 223 Å². The van der Waals surface area contributed by atoms with Gasteiger partial charge in [0, 0.05) is 44.4 Å². The van der Waals surface area contributed by atoms with E-state index in [1.54, 1.807) is 16.5 Å². The zero-order chi connectivity index (χ0) is 28.0. The molecule has 0 spiro atoms. The number of aromatic nitrogens is 3. The van der Waals surface area contributed by atoms with Crippen LogP contribution in [0.15, 0.2) is 16.9 Å². The third kappa shape index (κ3) is 4.41. The number of hydrogen-bond acceptors (Lipinski definition) is 6. The quantitative estimate of drug-likeness (QED) is 0.492. The van der Waals surface area contributed by atoms with Crippen LogP contribution in [0.2, 0.25) is 0 Å². The van der Waals surface area contributed by atoms with E-state index >= 15 is 0 Å². The van der Waals surface area contributed by atoms with Gasteiger partial charge in [0.1, 0.15) is 11.1 Å². The molecule has 0 unspecified atom stereocenters. The average molecular weight is 544 g/mol. The lowest BCUT2D eigenvalue weighted by Gasteiger charge is -2.33. The van der Waals surface area contributed by atoms with Crippen LogP contribution in [0.5, 0.6) is 11.5 Å². The van der Waals surface area contributed by atoms with E-state index in [4.69, 9.17) is 9.47 Å². The summed E-state index contributed by atoms with van der Waals surface area (Å²) in [6.07, 6.45) is 2.06. The summed E-state index contributed by atoms with van der Waals surface area (Å²) in [6, 6.07) is 1.65. The molecule has 1 atom stereocenters. The van der Waals surface area contributed by atoms with Gasteiger partial charge in [-0.2, -0.15) is 5.10 Å². The molecule has 0 fully saturated rings. The molecule has 2 aliphatic heterocycles. The number of likely N-dealkylation sites (N-methyl/N-ethyl adjacent to an activating group) is 1. The van der Waals surface area contributed by atoms with Crippen LogP contribution < -0.4 is 15.0 Å². The summed E-state index contributed by atoms with van der Waals surface area (Å²) in [5.41, 5.74) is -0.0602. The predicted octanol–water partition coefficient (Wildman–Crippen LogP) is 3.20. The highest BCUT2D eigenvalue weighted by atomic mass is 19.2. The molecule has 2 aromatic heterocycles. The van der Waals surface area contributed by atoms with E-state index in [0.29, 0.717) is 32.5 Å². The SMILES string of the molecule is CCN1C[C@H](C)n2c(c(OC)c3c(=O)n4nc(c32)C(=O)N(C)CCCCCOc2cc(F)c(F)cc2C4)C1=O. The number of amides is 2. The number of benzene rings is 1. The van der Waals surface area contributed by atoms with Gasteiger partial charge in [0.2, 0.25) is 0 Å².